The fraction of sp³-hybridized carbons (Fsp3) is 0.423. The van der Waals surface area contributed by atoms with Gasteiger partial charge in [-0.05, 0) is 63.4 Å². The first-order chi connectivity index (χ1) is 15.7. The Morgan fingerprint density at radius 3 is 2.45 bits per heavy atom. The molecule has 1 aliphatic rings. The maximum absolute atomic E-state index is 12.5. The zero-order valence-corrected chi connectivity index (χ0v) is 19.8. The molecule has 0 bridgehead atoms. The van der Waals surface area contributed by atoms with Crippen LogP contribution in [0.15, 0.2) is 48.5 Å². The van der Waals surface area contributed by atoms with Crippen LogP contribution in [0.3, 0.4) is 0 Å². The second-order valence-corrected chi connectivity index (χ2v) is 9.60. The minimum atomic E-state index is -0.498. The second kappa shape index (κ2) is 9.14. The molecule has 172 valence electrons. The number of rotatable bonds is 4. The van der Waals surface area contributed by atoms with Gasteiger partial charge in [-0.3, -0.25) is 0 Å². The van der Waals surface area contributed by atoms with Crippen molar-refractivity contribution >= 4 is 23.1 Å². The summed E-state index contributed by atoms with van der Waals surface area (Å²) in [4.78, 5) is 21.5. The number of carbonyl (C=O) groups is 1. The van der Waals surface area contributed by atoms with E-state index in [0.717, 1.165) is 48.5 Å². The number of anilines is 1. The van der Waals surface area contributed by atoms with Crippen LogP contribution < -0.4 is 4.90 Å². The second-order valence-electron chi connectivity index (χ2n) is 9.60. The van der Waals surface area contributed by atoms with Crippen molar-refractivity contribution in [2.45, 2.75) is 51.8 Å². The van der Waals surface area contributed by atoms with Crippen LogP contribution in [0.25, 0.3) is 11.0 Å². The topological polar surface area (TPSA) is 74.4 Å². The average Bonchev–Trinajstić information content (AvgIpc) is 3.16. The van der Waals surface area contributed by atoms with E-state index in [2.05, 4.69) is 21.6 Å². The molecule has 2 aromatic carbocycles. The zero-order valence-electron chi connectivity index (χ0n) is 19.8. The lowest BCUT2D eigenvalue weighted by molar-refractivity contribution is 0.0200. The molecule has 0 N–H and O–H groups in total. The van der Waals surface area contributed by atoms with Gasteiger partial charge in [-0.15, -0.1) is 0 Å². The Kier molecular flexibility index (Phi) is 6.28. The lowest BCUT2D eigenvalue weighted by Gasteiger charge is -2.37. The predicted octanol–water partition coefficient (Wildman–Crippen LogP) is 4.79. The van der Waals surface area contributed by atoms with Gasteiger partial charge in [0.15, 0.2) is 0 Å². The Morgan fingerprint density at radius 1 is 1.15 bits per heavy atom. The minimum Gasteiger partial charge on any atom is -0.444 e. The smallest absolute Gasteiger partial charge is 0.410 e. The highest BCUT2D eigenvalue weighted by molar-refractivity contribution is 5.79. The number of piperidine rings is 1. The number of nitrogens with zero attached hydrogens (tertiary/aromatic N) is 5. The Morgan fingerprint density at radius 2 is 1.82 bits per heavy atom. The van der Waals surface area contributed by atoms with Gasteiger partial charge < -0.3 is 19.1 Å². The summed E-state index contributed by atoms with van der Waals surface area (Å²) in [6.45, 7) is 7.97. The summed E-state index contributed by atoms with van der Waals surface area (Å²) in [5, 5.41) is 9.09. The van der Waals surface area contributed by atoms with Crippen molar-refractivity contribution in [2.24, 2.45) is 0 Å². The molecule has 1 aliphatic heterocycles. The lowest BCUT2D eigenvalue weighted by atomic mass is 10.0. The molecular formula is C26H31N5O2. The molecule has 0 unspecified atom stereocenters. The highest BCUT2D eigenvalue weighted by Gasteiger charge is 2.30. The standard InChI is InChI=1S/C26H31N5O2/c1-26(2,3)33-25(32)29(4)21-13-15-30(16-14-21)24-28-22-7-5-6-8-23(22)31(24)18-20-11-9-19(17-27)10-12-20/h5-12,21H,13-16,18H2,1-4H3. The Labute approximate surface area is 195 Å². The molecule has 1 amide bonds. The van der Waals surface area contributed by atoms with E-state index in [-0.39, 0.29) is 12.1 Å². The lowest BCUT2D eigenvalue weighted by Crippen LogP contribution is -2.47. The van der Waals surface area contributed by atoms with Crippen LogP contribution >= 0.6 is 0 Å². The fourth-order valence-electron chi connectivity index (χ4n) is 4.26. The Balaban J connectivity index is 1.52. The number of nitriles is 1. The average molecular weight is 446 g/mol. The van der Waals surface area contributed by atoms with Crippen LogP contribution in [0.2, 0.25) is 0 Å². The van der Waals surface area contributed by atoms with Gasteiger partial charge in [-0.1, -0.05) is 24.3 Å². The van der Waals surface area contributed by atoms with E-state index in [0.29, 0.717) is 12.1 Å². The Hall–Kier alpha value is -3.53. The summed E-state index contributed by atoms with van der Waals surface area (Å²) < 4.78 is 7.79. The molecule has 0 saturated carbocycles. The molecule has 0 spiro atoms. The number of fused-ring (bicyclic) bond motifs is 1. The molecule has 3 aromatic rings. The third-order valence-corrected chi connectivity index (χ3v) is 6.03. The van der Waals surface area contributed by atoms with E-state index < -0.39 is 5.60 Å². The summed E-state index contributed by atoms with van der Waals surface area (Å²) in [5.41, 5.74) is 3.34. The molecule has 2 heterocycles. The number of hydrogen-bond acceptors (Lipinski definition) is 5. The molecule has 0 radical (unpaired) electrons. The first-order valence-corrected chi connectivity index (χ1v) is 11.4. The summed E-state index contributed by atoms with van der Waals surface area (Å²) in [6, 6.07) is 18.2. The third-order valence-electron chi connectivity index (χ3n) is 6.03. The molecule has 33 heavy (non-hydrogen) atoms. The van der Waals surface area contributed by atoms with E-state index >= 15 is 0 Å². The minimum absolute atomic E-state index is 0.146. The number of benzene rings is 2. The molecular weight excluding hydrogens is 414 g/mol. The monoisotopic (exact) mass is 445 g/mol. The van der Waals surface area contributed by atoms with E-state index in [1.165, 1.54) is 0 Å². The molecule has 7 heteroatoms. The summed E-state index contributed by atoms with van der Waals surface area (Å²) in [7, 11) is 1.83. The zero-order chi connectivity index (χ0) is 23.6. The number of hydrogen-bond donors (Lipinski definition) is 0. The highest BCUT2D eigenvalue weighted by atomic mass is 16.6. The van der Waals surface area contributed by atoms with Gasteiger partial charge >= 0.3 is 6.09 Å². The Bertz CT molecular complexity index is 1160. The van der Waals surface area contributed by atoms with Crippen LogP contribution in [0.5, 0.6) is 0 Å². The largest absolute Gasteiger partial charge is 0.444 e. The van der Waals surface area contributed by atoms with Crippen LogP contribution in [0, 0.1) is 11.3 Å². The molecule has 1 aromatic heterocycles. The number of ether oxygens (including phenoxy) is 1. The third kappa shape index (κ3) is 5.11. The highest BCUT2D eigenvalue weighted by Crippen LogP contribution is 2.28. The number of imidazole rings is 1. The quantitative estimate of drug-likeness (QED) is 0.577. The maximum Gasteiger partial charge on any atom is 0.410 e. The molecule has 4 rings (SSSR count). The van der Waals surface area contributed by atoms with Gasteiger partial charge in [0.1, 0.15) is 5.60 Å². The van der Waals surface area contributed by atoms with Crippen molar-refractivity contribution in [2.75, 3.05) is 25.0 Å². The summed E-state index contributed by atoms with van der Waals surface area (Å²) in [5.74, 6) is 0.943. The van der Waals surface area contributed by atoms with Crippen molar-refractivity contribution in [1.82, 2.24) is 14.5 Å². The van der Waals surface area contributed by atoms with Gasteiger partial charge in [0.05, 0.1) is 29.2 Å². The number of carbonyl (C=O) groups excluding carboxylic acids is 1. The normalized spacial score (nSPS) is 14.8. The first-order valence-electron chi connectivity index (χ1n) is 11.4. The SMILES string of the molecule is CN(C(=O)OC(C)(C)C)C1CCN(c2nc3ccccc3n2Cc2ccc(C#N)cc2)CC1. The van der Waals surface area contributed by atoms with E-state index in [1.807, 2.05) is 70.3 Å². The van der Waals surface area contributed by atoms with Crippen LogP contribution in [0.4, 0.5) is 10.7 Å². The number of amides is 1. The van der Waals surface area contributed by atoms with Crippen LogP contribution in [-0.4, -0.2) is 52.3 Å². The fourth-order valence-corrected chi connectivity index (χ4v) is 4.26. The molecule has 0 atom stereocenters. The number of aromatic nitrogens is 2. The van der Waals surface area contributed by atoms with Crippen LogP contribution in [0.1, 0.15) is 44.7 Å². The van der Waals surface area contributed by atoms with Gasteiger partial charge in [-0.25, -0.2) is 9.78 Å². The van der Waals surface area contributed by atoms with Gasteiger partial charge in [0, 0.05) is 26.2 Å². The van der Waals surface area contributed by atoms with Gasteiger partial charge in [0.25, 0.3) is 0 Å². The predicted molar refractivity (Wildman–Crippen MR) is 129 cm³/mol. The van der Waals surface area contributed by atoms with Crippen LogP contribution in [-0.2, 0) is 11.3 Å². The van der Waals surface area contributed by atoms with Crippen molar-refractivity contribution in [3.8, 4) is 6.07 Å². The molecule has 0 aliphatic carbocycles. The summed E-state index contributed by atoms with van der Waals surface area (Å²) in [6.07, 6.45) is 1.44. The summed E-state index contributed by atoms with van der Waals surface area (Å²) >= 11 is 0. The van der Waals surface area contributed by atoms with Gasteiger partial charge in [0.2, 0.25) is 5.95 Å². The molecule has 1 fully saturated rings. The van der Waals surface area contributed by atoms with Crippen molar-refractivity contribution < 1.29 is 9.53 Å². The van der Waals surface area contributed by atoms with Gasteiger partial charge in [-0.2, -0.15) is 5.26 Å². The van der Waals surface area contributed by atoms with Crippen molar-refractivity contribution in [3.05, 3.63) is 59.7 Å². The van der Waals surface area contributed by atoms with E-state index in [4.69, 9.17) is 15.0 Å². The maximum atomic E-state index is 12.5. The molecule has 7 nitrogen and oxygen atoms in total. The van der Waals surface area contributed by atoms with Crippen molar-refractivity contribution in [1.29, 1.82) is 5.26 Å². The van der Waals surface area contributed by atoms with Crippen molar-refractivity contribution in [3.63, 3.8) is 0 Å². The van der Waals surface area contributed by atoms with E-state index in [9.17, 15) is 4.79 Å². The first kappa shape index (κ1) is 22.7. The van der Waals surface area contributed by atoms with E-state index in [1.54, 1.807) is 4.90 Å². The molecule has 1 saturated heterocycles. The number of para-hydroxylation sites is 2.